The number of aromatic hydroxyl groups is 1. The second kappa shape index (κ2) is 8.94. The van der Waals surface area contributed by atoms with Crippen molar-refractivity contribution in [1.29, 1.82) is 0 Å². The number of carbonyl (C=O) groups excluding carboxylic acids is 2. The van der Waals surface area contributed by atoms with Crippen LogP contribution >= 0.6 is 0 Å². The normalized spacial score (nSPS) is 18.8. The average Bonchev–Trinajstić information content (AvgIpc) is 3.12. The van der Waals surface area contributed by atoms with Crippen LogP contribution in [0.4, 0.5) is 0 Å². The molecule has 0 spiro atoms. The molecule has 2 N–H and O–H groups in total. The summed E-state index contributed by atoms with van der Waals surface area (Å²) in [6.45, 7) is 1.08. The van der Waals surface area contributed by atoms with Crippen molar-refractivity contribution in [1.82, 2.24) is 4.90 Å². The van der Waals surface area contributed by atoms with Crippen LogP contribution in [0.3, 0.4) is 0 Å². The van der Waals surface area contributed by atoms with Crippen molar-refractivity contribution >= 4 is 17.4 Å². The second-order valence-corrected chi connectivity index (χ2v) is 8.18. The standard InChI is InChI=1S/C27H23NO6/c29-20-8-4-7-18(15-20)24-23(25(30)19-9-10-21-22(16-19)34-14-13-33-21)26(31)27(32)28(24)12-11-17-5-2-1-3-6-17/h1-10,15-16,24,29-30H,11-14H2/b25-23-. The first-order valence-corrected chi connectivity index (χ1v) is 11.0. The minimum absolute atomic E-state index is 0.00507. The Balaban J connectivity index is 1.58. The van der Waals surface area contributed by atoms with Gasteiger partial charge < -0.3 is 24.6 Å². The highest BCUT2D eigenvalue weighted by Crippen LogP contribution is 2.41. The van der Waals surface area contributed by atoms with Crippen LogP contribution in [-0.2, 0) is 16.0 Å². The molecule has 2 aliphatic rings. The third-order valence-electron chi connectivity index (χ3n) is 6.03. The zero-order valence-electron chi connectivity index (χ0n) is 18.3. The molecule has 7 nitrogen and oxygen atoms in total. The lowest BCUT2D eigenvalue weighted by molar-refractivity contribution is -0.139. The Bertz CT molecular complexity index is 1280. The first kappa shape index (κ1) is 21.6. The Morgan fingerprint density at radius 3 is 2.44 bits per heavy atom. The molecule has 2 aliphatic heterocycles. The van der Waals surface area contributed by atoms with Crippen LogP contribution in [0.1, 0.15) is 22.7 Å². The molecule has 172 valence electrons. The lowest BCUT2D eigenvalue weighted by Crippen LogP contribution is -2.31. The van der Waals surface area contributed by atoms with E-state index in [0.717, 1.165) is 5.56 Å². The number of benzene rings is 3. The summed E-state index contributed by atoms with van der Waals surface area (Å²) in [5, 5.41) is 21.3. The molecule has 0 saturated carbocycles. The lowest BCUT2D eigenvalue weighted by atomic mass is 9.95. The van der Waals surface area contributed by atoms with Crippen LogP contribution in [0.25, 0.3) is 5.76 Å². The predicted octanol–water partition coefficient (Wildman–Crippen LogP) is 3.83. The van der Waals surface area contributed by atoms with Gasteiger partial charge in [-0.15, -0.1) is 0 Å². The monoisotopic (exact) mass is 457 g/mol. The van der Waals surface area contributed by atoms with E-state index < -0.39 is 17.7 Å². The summed E-state index contributed by atoms with van der Waals surface area (Å²) in [6, 6.07) is 20.1. The Hall–Kier alpha value is -4.26. The molecule has 3 aromatic rings. The fourth-order valence-corrected chi connectivity index (χ4v) is 4.39. The highest BCUT2D eigenvalue weighted by molar-refractivity contribution is 6.46. The van der Waals surface area contributed by atoms with Gasteiger partial charge in [0.15, 0.2) is 11.5 Å². The molecule has 0 aliphatic carbocycles. The number of aliphatic hydroxyl groups is 1. The van der Waals surface area contributed by atoms with E-state index in [1.807, 2.05) is 30.3 Å². The molecule has 1 unspecified atom stereocenters. The highest BCUT2D eigenvalue weighted by Gasteiger charge is 2.46. The minimum Gasteiger partial charge on any atom is -0.508 e. The number of fused-ring (bicyclic) bond motifs is 1. The molecule has 0 radical (unpaired) electrons. The zero-order chi connectivity index (χ0) is 23.7. The maximum atomic E-state index is 13.2. The maximum absolute atomic E-state index is 13.2. The van der Waals surface area contributed by atoms with E-state index in [0.29, 0.717) is 42.3 Å². The quantitative estimate of drug-likeness (QED) is 0.344. The number of phenols is 1. The summed E-state index contributed by atoms with van der Waals surface area (Å²) < 4.78 is 11.1. The van der Waals surface area contributed by atoms with Gasteiger partial charge in [-0.25, -0.2) is 0 Å². The van der Waals surface area contributed by atoms with Gasteiger partial charge in [-0.3, -0.25) is 9.59 Å². The van der Waals surface area contributed by atoms with Crippen molar-refractivity contribution in [2.45, 2.75) is 12.5 Å². The SMILES string of the molecule is O=C1C(=O)N(CCc2ccccc2)C(c2cccc(O)c2)/C1=C(/O)c1ccc2c(c1)OCCO2. The van der Waals surface area contributed by atoms with Crippen molar-refractivity contribution in [3.8, 4) is 17.2 Å². The molecule has 0 aromatic heterocycles. The van der Waals surface area contributed by atoms with Crippen molar-refractivity contribution < 1.29 is 29.3 Å². The van der Waals surface area contributed by atoms with Crippen molar-refractivity contribution in [3.63, 3.8) is 0 Å². The van der Waals surface area contributed by atoms with Crippen molar-refractivity contribution in [2.24, 2.45) is 0 Å². The maximum Gasteiger partial charge on any atom is 0.295 e. The van der Waals surface area contributed by atoms with Gasteiger partial charge in [-0.05, 0) is 47.9 Å². The molecule has 1 fully saturated rings. The summed E-state index contributed by atoms with van der Waals surface area (Å²) in [4.78, 5) is 27.7. The fraction of sp³-hybridized carbons (Fsp3) is 0.185. The number of carbonyl (C=O) groups is 2. The molecule has 34 heavy (non-hydrogen) atoms. The number of hydrogen-bond donors (Lipinski definition) is 2. The molecule has 1 atom stereocenters. The Morgan fingerprint density at radius 2 is 1.68 bits per heavy atom. The lowest BCUT2D eigenvalue weighted by Gasteiger charge is -2.25. The van der Waals surface area contributed by atoms with Crippen LogP contribution in [0.15, 0.2) is 78.4 Å². The van der Waals surface area contributed by atoms with E-state index >= 15 is 0 Å². The van der Waals surface area contributed by atoms with Crippen molar-refractivity contribution in [2.75, 3.05) is 19.8 Å². The average molecular weight is 457 g/mol. The summed E-state index contributed by atoms with van der Waals surface area (Å²) in [5.41, 5.74) is 1.87. The number of rotatable bonds is 5. The first-order chi connectivity index (χ1) is 16.5. The van der Waals surface area contributed by atoms with Gasteiger partial charge in [0.2, 0.25) is 0 Å². The Kier molecular flexibility index (Phi) is 5.67. The van der Waals surface area contributed by atoms with Gasteiger partial charge in [-0.1, -0.05) is 42.5 Å². The molecular weight excluding hydrogens is 434 g/mol. The van der Waals surface area contributed by atoms with E-state index in [1.165, 1.54) is 17.0 Å². The number of phenolic OH excluding ortho intramolecular Hbond substituents is 1. The van der Waals surface area contributed by atoms with Gasteiger partial charge >= 0.3 is 0 Å². The fourth-order valence-electron chi connectivity index (χ4n) is 4.39. The van der Waals surface area contributed by atoms with E-state index in [2.05, 4.69) is 0 Å². The van der Waals surface area contributed by atoms with Gasteiger partial charge in [-0.2, -0.15) is 0 Å². The van der Waals surface area contributed by atoms with Crippen LogP contribution < -0.4 is 9.47 Å². The van der Waals surface area contributed by atoms with E-state index in [9.17, 15) is 19.8 Å². The second-order valence-electron chi connectivity index (χ2n) is 8.18. The third kappa shape index (κ3) is 3.96. The molecular formula is C27H23NO6. The van der Waals surface area contributed by atoms with E-state index in [-0.39, 0.29) is 23.6 Å². The minimum atomic E-state index is -0.844. The largest absolute Gasteiger partial charge is 0.508 e. The smallest absolute Gasteiger partial charge is 0.295 e. The van der Waals surface area contributed by atoms with Crippen LogP contribution in [-0.4, -0.2) is 46.6 Å². The van der Waals surface area contributed by atoms with E-state index in [4.69, 9.17) is 9.47 Å². The number of ketones is 1. The molecule has 0 bridgehead atoms. The number of amides is 1. The van der Waals surface area contributed by atoms with Crippen LogP contribution in [0.5, 0.6) is 17.2 Å². The van der Waals surface area contributed by atoms with E-state index in [1.54, 1.807) is 30.3 Å². The number of nitrogens with zero attached hydrogens (tertiary/aromatic N) is 1. The first-order valence-electron chi connectivity index (χ1n) is 11.0. The van der Waals surface area contributed by atoms with Gasteiger partial charge in [0, 0.05) is 12.1 Å². The number of aliphatic hydroxyl groups excluding tert-OH is 1. The number of ether oxygens (including phenoxy) is 2. The predicted molar refractivity (Wildman–Crippen MR) is 125 cm³/mol. The topological polar surface area (TPSA) is 96.3 Å². The molecule has 1 amide bonds. The molecule has 1 saturated heterocycles. The van der Waals surface area contributed by atoms with Crippen molar-refractivity contribution in [3.05, 3.63) is 95.1 Å². The molecule has 3 aromatic carbocycles. The molecule has 2 heterocycles. The van der Waals surface area contributed by atoms with Crippen LogP contribution in [0.2, 0.25) is 0 Å². The number of hydrogen-bond acceptors (Lipinski definition) is 6. The summed E-state index contributed by atoms with van der Waals surface area (Å²) in [5.74, 6) is -0.744. The van der Waals surface area contributed by atoms with Crippen LogP contribution in [0, 0.1) is 0 Å². The summed E-state index contributed by atoms with van der Waals surface area (Å²) >= 11 is 0. The highest BCUT2D eigenvalue weighted by atomic mass is 16.6. The number of likely N-dealkylation sites (tertiary alicyclic amines) is 1. The third-order valence-corrected chi connectivity index (χ3v) is 6.03. The van der Waals surface area contributed by atoms with Gasteiger partial charge in [0.1, 0.15) is 24.7 Å². The van der Waals surface area contributed by atoms with Gasteiger partial charge in [0.25, 0.3) is 11.7 Å². The Morgan fingerprint density at radius 1 is 0.912 bits per heavy atom. The molecule has 7 heteroatoms. The summed E-state index contributed by atoms with van der Waals surface area (Å²) in [6.07, 6.45) is 0.535. The summed E-state index contributed by atoms with van der Waals surface area (Å²) in [7, 11) is 0. The van der Waals surface area contributed by atoms with Gasteiger partial charge in [0.05, 0.1) is 11.6 Å². The Labute approximate surface area is 196 Å². The number of Topliss-reactive ketones (excluding diaryl/α,β-unsaturated/α-hetero) is 1. The molecule has 5 rings (SSSR count). The zero-order valence-corrected chi connectivity index (χ0v) is 18.3.